The molecule has 0 bridgehead atoms. The summed E-state index contributed by atoms with van der Waals surface area (Å²) in [5, 5.41) is 0. The summed E-state index contributed by atoms with van der Waals surface area (Å²) in [5.74, 6) is 0. The van der Waals surface area contributed by atoms with Gasteiger partial charge in [0.05, 0.1) is 4.75 Å². The van der Waals surface area contributed by atoms with Crippen LogP contribution >= 0.6 is 27.7 Å². The van der Waals surface area contributed by atoms with Crippen molar-refractivity contribution in [2.24, 2.45) is 0 Å². The maximum absolute atomic E-state index is 3.54. The van der Waals surface area contributed by atoms with Crippen molar-refractivity contribution in [1.29, 1.82) is 0 Å². The molecule has 3 aromatic carbocycles. The van der Waals surface area contributed by atoms with Crippen LogP contribution in [-0.4, -0.2) is 0 Å². The number of thioether (sulfide) groups is 1. The van der Waals surface area contributed by atoms with Crippen LogP contribution < -0.4 is 0 Å². The van der Waals surface area contributed by atoms with E-state index in [0.29, 0.717) is 0 Å². The molecule has 1 aliphatic heterocycles. The zero-order valence-corrected chi connectivity index (χ0v) is 16.9. The predicted molar refractivity (Wildman–Crippen MR) is 118 cm³/mol. The third kappa shape index (κ3) is 3.58. The summed E-state index contributed by atoms with van der Waals surface area (Å²) < 4.78 is 0.994. The fraction of sp³-hybridized carbons (Fsp3) is 0.0833. The molecule has 1 atom stereocenters. The van der Waals surface area contributed by atoms with Crippen molar-refractivity contribution in [3.8, 4) is 0 Å². The molecule has 0 nitrogen and oxygen atoms in total. The molecule has 0 unspecified atom stereocenters. The molecular weight excluding hydrogens is 400 g/mol. The number of hydrogen-bond acceptors (Lipinski definition) is 1. The van der Waals surface area contributed by atoms with E-state index >= 15 is 0 Å². The van der Waals surface area contributed by atoms with Gasteiger partial charge in [-0.05, 0) is 47.4 Å². The minimum atomic E-state index is -0.108. The average Bonchev–Trinajstić information content (AvgIpc) is 2.69. The molecule has 0 fully saturated rings. The van der Waals surface area contributed by atoms with E-state index in [2.05, 4.69) is 120 Å². The molecule has 128 valence electrons. The second-order valence-corrected chi connectivity index (χ2v) is 8.96. The summed E-state index contributed by atoms with van der Waals surface area (Å²) in [7, 11) is 0. The number of allylic oxidation sites excluding steroid dienone is 2. The second-order valence-electron chi connectivity index (χ2n) is 6.56. The van der Waals surface area contributed by atoms with Crippen molar-refractivity contribution in [1.82, 2.24) is 0 Å². The zero-order chi connectivity index (χ0) is 18.0. The highest BCUT2D eigenvalue weighted by molar-refractivity contribution is 9.10. The Hall–Kier alpha value is -2.03. The molecule has 0 radical (unpaired) electrons. The molecule has 0 aromatic heterocycles. The van der Waals surface area contributed by atoms with Gasteiger partial charge in [-0.1, -0.05) is 94.8 Å². The first-order valence-corrected chi connectivity index (χ1v) is 10.3. The molecule has 26 heavy (non-hydrogen) atoms. The Balaban J connectivity index is 1.85. The summed E-state index contributed by atoms with van der Waals surface area (Å²) in [6.45, 7) is 2.31. The molecule has 0 aliphatic carbocycles. The van der Waals surface area contributed by atoms with Crippen LogP contribution in [0, 0.1) is 0 Å². The van der Waals surface area contributed by atoms with Crippen molar-refractivity contribution in [3.63, 3.8) is 0 Å². The van der Waals surface area contributed by atoms with E-state index in [-0.39, 0.29) is 4.75 Å². The smallest absolute Gasteiger partial charge is 0.0616 e. The van der Waals surface area contributed by atoms with Crippen LogP contribution in [-0.2, 0) is 4.75 Å². The summed E-state index contributed by atoms with van der Waals surface area (Å²) in [6, 6.07) is 30.0. The lowest BCUT2D eigenvalue weighted by molar-refractivity contribution is 0.885. The van der Waals surface area contributed by atoms with E-state index in [9.17, 15) is 0 Å². The van der Waals surface area contributed by atoms with Crippen molar-refractivity contribution in [3.05, 3.63) is 118 Å². The fourth-order valence-corrected chi connectivity index (χ4v) is 4.83. The molecule has 0 spiro atoms. The molecular formula is C24H19BrS. The van der Waals surface area contributed by atoms with Gasteiger partial charge in [-0.15, -0.1) is 11.8 Å². The van der Waals surface area contributed by atoms with Crippen molar-refractivity contribution < 1.29 is 0 Å². The molecule has 1 heterocycles. The van der Waals surface area contributed by atoms with E-state index < -0.39 is 0 Å². The average molecular weight is 419 g/mol. The minimum Gasteiger partial charge on any atom is -0.110 e. The monoisotopic (exact) mass is 418 g/mol. The van der Waals surface area contributed by atoms with Gasteiger partial charge < -0.3 is 0 Å². The van der Waals surface area contributed by atoms with Gasteiger partial charge in [0.25, 0.3) is 0 Å². The van der Waals surface area contributed by atoms with Gasteiger partial charge in [-0.3, -0.25) is 0 Å². The van der Waals surface area contributed by atoms with Crippen LogP contribution in [0.1, 0.15) is 23.6 Å². The molecule has 0 saturated heterocycles. The van der Waals surface area contributed by atoms with E-state index in [1.165, 1.54) is 27.2 Å². The highest BCUT2D eigenvalue weighted by Gasteiger charge is 2.30. The SMILES string of the molecule is C[C@@]1(c2ccccc2)C=C(c2ccc(Br)cc2)C=C(c2ccccc2)S1. The fourth-order valence-electron chi connectivity index (χ4n) is 3.23. The Labute approximate surface area is 167 Å². The van der Waals surface area contributed by atoms with Crippen LogP contribution in [0.3, 0.4) is 0 Å². The Morgan fingerprint density at radius 1 is 0.731 bits per heavy atom. The van der Waals surface area contributed by atoms with Crippen molar-refractivity contribution in [2.75, 3.05) is 0 Å². The largest absolute Gasteiger partial charge is 0.110 e. The first-order chi connectivity index (χ1) is 12.6. The normalized spacial score (nSPS) is 19.6. The Morgan fingerprint density at radius 3 is 2.00 bits per heavy atom. The van der Waals surface area contributed by atoms with Crippen LogP contribution in [0.15, 0.2) is 102 Å². The van der Waals surface area contributed by atoms with Crippen LogP contribution in [0.5, 0.6) is 0 Å². The highest BCUT2D eigenvalue weighted by atomic mass is 79.9. The third-order valence-electron chi connectivity index (χ3n) is 4.62. The lowest BCUT2D eigenvalue weighted by Gasteiger charge is -2.32. The van der Waals surface area contributed by atoms with E-state index in [0.717, 1.165) is 4.47 Å². The van der Waals surface area contributed by atoms with Gasteiger partial charge >= 0.3 is 0 Å². The number of hydrogen-bond donors (Lipinski definition) is 0. The second kappa shape index (κ2) is 7.30. The molecule has 0 saturated carbocycles. The van der Waals surface area contributed by atoms with Crippen LogP contribution in [0.25, 0.3) is 10.5 Å². The van der Waals surface area contributed by atoms with Gasteiger partial charge in [0.15, 0.2) is 0 Å². The van der Waals surface area contributed by atoms with Gasteiger partial charge in [-0.2, -0.15) is 0 Å². The van der Waals surface area contributed by atoms with Gasteiger partial charge in [0, 0.05) is 9.38 Å². The van der Waals surface area contributed by atoms with Gasteiger partial charge in [0.1, 0.15) is 0 Å². The summed E-state index contributed by atoms with van der Waals surface area (Å²) in [5.41, 5.74) is 5.09. The molecule has 1 aliphatic rings. The Kier molecular flexibility index (Phi) is 4.88. The Morgan fingerprint density at radius 2 is 1.35 bits per heavy atom. The minimum absolute atomic E-state index is 0.108. The van der Waals surface area contributed by atoms with Crippen molar-refractivity contribution in [2.45, 2.75) is 11.7 Å². The van der Waals surface area contributed by atoms with Crippen LogP contribution in [0.4, 0.5) is 0 Å². The molecule has 2 heteroatoms. The highest BCUT2D eigenvalue weighted by Crippen LogP contribution is 2.51. The summed E-state index contributed by atoms with van der Waals surface area (Å²) in [4.78, 5) is 1.30. The molecule has 3 aromatic rings. The topological polar surface area (TPSA) is 0 Å². The van der Waals surface area contributed by atoms with E-state index in [1.807, 2.05) is 11.8 Å². The summed E-state index contributed by atoms with van der Waals surface area (Å²) in [6.07, 6.45) is 4.70. The molecule has 0 N–H and O–H groups in total. The first-order valence-electron chi connectivity index (χ1n) is 8.64. The van der Waals surface area contributed by atoms with E-state index in [1.54, 1.807) is 0 Å². The predicted octanol–water partition coefficient (Wildman–Crippen LogP) is 7.54. The van der Waals surface area contributed by atoms with Crippen LogP contribution in [0.2, 0.25) is 0 Å². The molecule has 0 amide bonds. The quantitative estimate of drug-likeness (QED) is 0.423. The summed E-state index contributed by atoms with van der Waals surface area (Å²) >= 11 is 5.46. The Bertz CT molecular complexity index is 956. The lowest BCUT2D eigenvalue weighted by atomic mass is 9.93. The maximum Gasteiger partial charge on any atom is 0.0616 e. The van der Waals surface area contributed by atoms with Gasteiger partial charge in [-0.25, -0.2) is 0 Å². The maximum atomic E-state index is 3.54. The van der Waals surface area contributed by atoms with Crippen molar-refractivity contribution >= 4 is 38.2 Å². The third-order valence-corrected chi connectivity index (χ3v) is 6.50. The van der Waals surface area contributed by atoms with E-state index in [4.69, 9.17) is 0 Å². The number of benzene rings is 3. The first kappa shape index (κ1) is 17.4. The van der Waals surface area contributed by atoms with Gasteiger partial charge in [0.2, 0.25) is 0 Å². The standard InChI is InChI=1S/C24H19BrS/c1-24(21-10-6-3-7-11-21)17-20(18-12-14-22(25)15-13-18)16-23(26-24)19-8-4-2-5-9-19/h2-17H,1H3/t24-/m0/s1. The lowest BCUT2D eigenvalue weighted by Crippen LogP contribution is -2.17. The number of halogens is 1. The molecule has 4 rings (SSSR count). The number of rotatable bonds is 3. The zero-order valence-electron chi connectivity index (χ0n) is 14.5.